The van der Waals surface area contributed by atoms with Crippen molar-refractivity contribution in [1.29, 1.82) is 0 Å². The molecule has 0 aromatic carbocycles. The second kappa shape index (κ2) is 6.39. The van der Waals surface area contributed by atoms with Gasteiger partial charge in [-0.15, -0.1) is 0 Å². The van der Waals surface area contributed by atoms with Crippen LogP contribution >= 0.6 is 0 Å². The molecule has 1 aliphatic heterocycles. The van der Waals surface area contributed by atoms with Gasteiger partial charge in [0, 0.05) is 6.54 Å². The average Bonchev–Trinajstić information content (AvgIpc) is 2.70. The second-order valence-electron chi connectivity index (χ2n) is 5.57. The largest absolute Gasteiger partial charge is 0.326 e. The molecule has 2 fully saturated rings. The van der Waals surface area contributed by atoms with E-state index in [9.17, 15) is 4.79 Å². The van der Waals surface area contributed by atoms with Crippen molar-refractivity contribution in [2.24, 2.45) is 5.92 Å². The molecule has 1 aliphatic carbocycles. The topological polar surface area (TPSA) is 32.3 Å². The molecule has 1 amide bonds. The predicted octanol–water partition coefficient (Wildman–Crippen LogP) is 2.51. The summed E-state index contributed by atoms with van der Waals surface area (Å²) in [5.41, 5.74) is 0. The summed E-state index contributed by atoms with van der Waals surface area (Å²) in [4.78, 5) is 13.9. The van der Waals surface area contributed by atoms with E-state index in [4.69, 9.17) is 0 Å². The van der Waals surface area contributed by atoms with Crippen LogP contribution in [0.3, 0.4) is 0 Å². The van der Waals surface area contributed by atoms with E-state index in [1.165, 1.54) is 38.5 Å². The Hall–Kier alpha value is -0.570. The number of hydrogen-bond acceptors (Lipinski definition) is 2. The number of hydrogen-bond donors (Lipinski definition) is 1. The number of carbonyl (C=O) groups is 1. The minimum Gasteiger partial charge on any atom is -0.326 e. The standard InChI is InChI=1S/C14H26N2O/c1-2-6-13-15-11-14(17)16(13)10-9-12-7-4-3-5-8-12/h12-13,15H,2-11H2,1H3. The molecule has 0 aromatic rings. The van der Waals surface area contributed by atoms with Gasteiger partial charge in [0.1, 0.15) is 0 Å². The van der Waals surface area contributed by atoms with E-state index in [2.05, 4.69) is 17.1 Å². The summed E-state index contributed by atoms with van der Waals surface area (Å²) in [7, 11) is 0. The van der Waals surface area contributed by atoms with Crippen LogP contribution in [-0.2, 0) is 4.79 Å². The first kappa shape index (κ1) is 12.9. The van der Waals surface area contributed by atoms with E-state index in [0.717, 1.165) is 25.3 Å². The zero-order valence-corrected chi connectivity index (χ0v) is 11.1. The maximum Gasteiger partial charge on any atom is 0.237 e. The monoisotopic (exact) mass is 238 g/mol. The molecule has 2 rings (SSSR count). The number of carbonyl (C=O) groups excluding carboxylic acids is 1. The van der Waals surface area contributed by atoms with E-state index < -0.39 is 0 Å². The van der Waals surface area contributed by atoms with Gasteiger partial charge in [0.15, 0.2) is 0 Å². The summed E-state index contributed by atoms with van der Waals surface area (Å²) in [6, 6.07) is 0. The minimum atomic E-state index is 0.305. The Morgan fingerprint density at radius 3 is 2.71 bits per heavy atom. The van der Waals surface area contributed by atoms with Crippen LogP contribution in [0.25, 0.3) is 0 Å². The zero-order chi connectivity index (χ0) is 12.1. The lowest BCUT2D eigenvalue weighted by Gasteiger charge is -2.28. The van der Waals surface area contributed by atoms with Gasteiger partial charge in [0.05, 0.1) is 12.7 Å². The predicted molar refractivity (Wildman–Crippen MR) is 69.6 cm³/mol. The number of rotatable bonds is 5. The summed E-state index contributed by atoms with van der Waals surface area (Å²) in [6.07, 6.45) is 10.7. The van der Waals surface area contributed by atoms with Crippen LogP contribution in [0.5, 0.6) is 0 Å². The van der Waals surface area contributed by atoms with Gasteiger partial charge in [0.2, 0.25) is 5.91 Å². The fourth-order valence-corrected chi connectivity index (χ4v) is 3.20. The molecule has 0 bridgehead atoms. The molecule has 0 spiro atoms. The Kier molecular flexibility index (Phi) is 4.84. The van der Waals surface area contributed by atoms with Crippen molar-refractivity contribution < 1.29 is 4.79 Å². The third-order valence-corrected chi connectivity index (χ3v) is 4.25. The SMILES string of the molecule is CCCC1NCC(=O)N1CCC1CCCCC1. The molecule has 1 unspecified atom stereocenters. The second-order valence-corrected chi connectivity index (χ2v) is 5.57. The van der Waals surface area contributed by atoms with Gasteiger partial charge in [0.25, 0.3) is 0 Å². The lowest BCUT2D eigenvalue weighted by Crippen LogP contribution is -2.38. The molecule has 1 atom stereocenters. The van der Waals surface area contributed by atoms with Gasteiger partial charge in [-0.1, -0.05) is 45.4 Å². The van der Waals surface area contributed by atoms with Gasteiger partial charge in [-0.25, -0.2) is 0 Å². The van der Waals surface area contributed by atoms with Crippen molar-refractivity contribution in [3.8, 4) is 0 Å². The molecule has 3 nitrogen and oxygen atoms in total. The van der Waals surface area contributed by atoms with Crippen molar-refractivity contribution in [3.63, 3.8) is 0 Å². The first-order valence-corrected chi connectivity index (χ1v) is 7.34. The van der Waals surface area contributed by atoms with Gasteiger partial charge in [-0.2, -0.15) is 0 Å². The zero-order valence-electron chi connectivity index (χ0n) is 11.1. The fourth-order valence-electron chi connectivity index (χ4n) is 3.20. The fraction of sp³-hybridized carbons (Fsp3) is 0.929. The van der Waals surface area contributed by atoms with E-state index in [-0.39, 0.29) is 0 Å². The van der Waals surface area contributed by atoms with Crippen LogP contribution < -0.4 is 5.32 Å². The highest BCUT2D eigenvalue weighted by atomic mass is 16.2. The highest BCUT2D eigenvalue weighted by Crippen LogP contribution is 2.27. The molecule has 1 saturated heterocycles. The summed E-state index contributed by atoms with van der Waals surface area (Å²) in [5.74, 6) is 1.18. The van der Waals surface area contributed by atoms with Gasteiger partial charge in [-0.3, -0.25) is 10.1 Å². The van der Waals surface area contributed by atoms with E-state index >= 15 is 0 Å². The van der Waals surface area contributed by atoms with Crippen molar-refractivity contribution in [3.05, 3.63) is 0 Å². The molecule has 98 valence electrons. The molecular formula is C14H26N2O. The van der Waals surface area contributed by atoms with Crippen molar-refractivity contribution in [1.82, 2.24) is 10.2 Å². The van der Waals surface area contributed by atoms with Crippen LogP contribution in [0.2, 0.25) is 0 Å². The Morgan fingerprint density at radius 2 is 2.00 bits per heavy atom. The molecule has 1 N–H and O–H groups in total. The number of amides is 1. The third-order valence-electron chi connectivity index (χ3n) is 4.25. The molecule has 1 heterocycles. The average molecular weight is 238 g/mol. The quantitative estimate of drug-likeness (QED) is 0.798. The van der Waals surface area contributed by atoms with Gasteiger partial charge < -0.3 is 4.90 Å². The maximum absolute atomic E-state index is 11.8. The molecule has 2 aliphatic rings. The first-order valence-electron chi connectivity index (χ1n) is 7.34. The number of nitrogens with one attached hydrogen (secondary N) is 1. The smallest absolute Gasteiger partial charge is 0.237 e. The molecular weight excluding hydrogens is 212 g/mol. The first-order chi connectivity index (χ1) is 8.31. The van der Waals surface area contributed by atoms with Crippen molar-refractivity contribution >= 4 is 5.91 Å². The highest BCUT2D eigenvalue weighted by Gasteiger charge is 2.29. The highest BCUT2D eigenvalue weighted by molar-refractivity contribution is 5.80. The van der Waals surface area contributed by atoms with E-state index in [1.54, 1.807) is 0 Å². The van der Waals surface area contributed by atoms with Gasteiger partial charge >= 0.3 is 0 Å². The minimum absolute atomic E-state index is 0.305. The lowest BCUT2D eigenvalue weighted by atomic mass is 9.87. The van der Waals surface area contributed by atoms with Crippen LogP contribution in [0.1, 0.15) is 58.3 Å². The normalized spacial score (nSPS) is 26.8. The molecule has 17 heavy (non-hydrogen) atoms. The van der Waals surface area contributed by atoms with Crippen molar-refractivity contribution in [2.75, 3.05) is 13.1 Å². The maximum atomic E-state index is 11.8. The Labute approximate surface area is 105 Å². The van der Waals surface area contributed by atoms with Crippen LogP contribution in [0, 0.1) is 5.92 Å². The summed E-state index contributed by atoms with van der Waals surface area (Å²) >= 11 is 0. The third kappa shape index (κ3) is 3.44. The summed E-state index contributed by atoms with van der Waals surface area (Å²) < 4.78 is 0. The van der Waals surface area contributed by atoms with Gasteiger partial charge in [-0.05, 0) is 18.8 Å². The summed E-state index contributed by atoms with van der Waals surface area (Å²) in [6.45, 7) is 3.71. The number of nitrogens with zero attached hydrogens (tertiary/aromatic N) is 1. The van der Waals surface area contributed by atoms with Crippen molar-refractivity contribution in [2.45, 2.75) is 64.5 Å². The molecule has 0 radical (unpaired) electrons. The van der Waals surface area contributed by atoms with E-state index in [0.29, 0.717) is 18.6 Å². The van der Waals surface area contributed by atoms with Crippen LogP contribution in [-0.4, -0.2) is 30.1 Å². The van der Waals surface area contributed by atoms with E-state index in [1.807, 2.05) is 0 Å². The Bertz CT molecular complexity index is 249. The Morgan fingerprint density at radius 1 is 1.24 bits per heavy atom. The Balaban J connectivity index is 1.77. The lowest BCUT2D eigenvalue weighted by molar-refractivity contribution is -0.128. The van der Waals surface area contributed by atoms with Crippen LogP contribution in [0.4, 0.5) is 0 Å². The summed E-state index contributed by atoms with van der Waals surface area (Å²) in [5, 5.41) is 3.32. The molecule has 0 aromatic heterocycles. The molecule has 3 heteroatoms. The van der Waals surface area contributed by atoms with Crippen LogP contribution in [0.15, 0.2) is 0 Å². The molecule has 1 saturated carbocycles.